The van der Waals surface area contributed by atoms with Crippen LogP contribution in [0.4, 0.5) is 11.4 Å². The van der Waals surface area contributed by atoms with Gasteiger partial charge >= 0.3 is 0 Å². The summed E-state index contributed by atoms with van der Waals surface area (Å²) in [6, 6.07) is 10.5. The summed E-state index contributed by atoms with van der Waals surface area (Å²) in [5.41, 5.74) is 1.14. The fourth-order valence-corrected chi connectivity index (χ4v) is 4.22. The average molecular weight is 448 g/mol. The van der Waals surface area contributed by atoms with Crippen molar-refractivity contribution in [3.05, 3.63) is 48.0 Å². The summed E-state index contributed by atoms with van der Waals surface area (Å²) in [5.74, 6) is -0.276. The van der Waals surface area contributed by atoms with Gasteiger partial charge < -0.3 is 20.1 Å². The molecule has 1 aliphatic rings. The molecule has 0 saturated carbocycles. The topological polar surface area (TPSA) is 123 Å². The van der Waals surface area contributed by atoms with Gasteiger partial charge in [0.05, 0.1) is 23.8 Å². The van der Waals surface area contributed by atoms with Gasteiger partial charge in [-0.2, -0.15) is 0 Å². The first-order valence-electron chi connectivity index (χ1n) is 9.77. The quantitative estimate of drug-likeness (QED) is 0.571. The number of carbonyl (C=O) groups excluding carboxylic acids is 2. The van der Waals surface area contributed by atoms with Crippen molar-refractivity contribution < 1.29 is 27.5 Å². The molecule has 31 heavy (non-hydrogen) atoms. The van der Waals surface area contributed by atoms with Crippen LogP contribution in [0, 0.1) is 0 Å². The molecule has 2 amide bonds. The molecule has 0 aliphatic carbocycles. The minimum atomic E-state index is -3.70. The lowest BCUT2D eigenvalue weighted by molar-refractivity contribution is -0.114. The molecule has 2 aromatic rings. The maximum Gasteiger partial charge on any atom is 0.255 e. The minimum absolute atomic E-state index is 0.0623. The zero-order chi connectivity index (χ0) is 22.4. The zero-order valence-electron chi connectivity index (χ0n) is 17.3. The van der Waals surface area contributed by atoms with Crippen LogP contribution in [0.2, 0.25) is 0 Å². The highest BCUT2D eigenvalue weighted by Gasteiger charge is 2.20. The molecule has 3 rings (SSSR count). The molecular weight excluding hydrogens is 422 g/mol. The Morgan fingerprint density at radius 3 is 2.48 bits per heavy atom. The number of rotatable bonds is 8. The Bertz CT molecular complexity index is 1050. The van der Waals surface area contributed by atoms with E-state index in [1.807, 2.05) is 0 Å². The van der Waals surface area contributed by atoms with E-state index in [2.05, 4.69) is 15.4 Å². The number of anilines is 2. The van der Waals surface area contributed by atoms with E-state index in [0.717, 1.165) is 12.8 Å². The smallest absolute Gasteiger partial charge is 0.255 e. The number of ether oxygens (including phenoxy) is 2. The molecule has 2 aromatic carbocycles. The van der Waals surface area contributed by atoms with Crippen molar-refractivity contribution in [2.24, 2.45) is 0 Å². The van der Waals surface area contributed by atoms with Crippen LogP contribution in [-0.2, 0) is 19.6 Å². The van der Waals surface area contributed by atoms with Crippen molar-refractivity contribution in [3.63, 3.8) is 0 Å². The largest absolute Gasteiger partial charge is 0.495 e. The number of hydrogen-bond acceptors (Lipinski definition) is 6. The Hall–Kier alpha value is -2.95. The summed E-state index contributed by atoms with van der Waals surface area (Å²) >= 11 is 0. The minimum Gasteiger partial charge on any atom is -0.495 e. The molecule has 166 valence electrons. The maximum absolute atomic E-state index is 12.6. The van der Waals surface area contributed by atoms with Crippen LogP contribution >= 0.6 is 0 Å². The molecule has 0 spiro atoms. The molecule has 0 unspecified atom stereocenters. The third-order valence-electron chi connectivity index (χ3n) is 4.72. The second-order valence-corrected chi connectivity index (χ2v) is 8.83. The van der Waals surface area contributed by atoms with Crippen LogP contribution in [0.15, 0.2) is 47.4 Å². The predicted molar refractivity (Wildman–Crippen MR) is 116 cm³/mol. The van der Waals surface area contributed by atoms with Crippen molar-refractivity contribution in [1.82, 2.24) is 4.72 Å². The van der Waals surface area contributed by atoms with Crippen molar-refractivity contribution in [3.8, 4) is 5.75 Å². The molecule has 1 fully saturated rings. The predicted octanol–water partition coefficient (Wildman–Crippen LogP) is 2.36. The van der Waals surface area contributed by atoms with Gasteiger partial charge in [0.25, 0.3) is 5.91 Å². The van der Waals surface area contributed by atoms with Crippen LogP contribution in [0.5, 0.6) is 5.75 Å². The molecule has 10 heteroatoms. The average Bonchev–Trinajstić information content (AvgIpc) is 3.26. The van der Waals surface area contributed by atoms with E-state index >= 15 is 0 Å². The van der Waals surface area contributed by atoms with Gasteiger partial charge in [-0.15, -0.1) is 0 Å². The van der Waals surface area contributed by atoms with Gasteiger partial charge in [-0.05, 0) is 55.3 Å². The summed E-state index contributed by atoms with van der Waals surface area (Å²) in [4.78, 5) is 24.0. The third kappa shape index (κ3) is 6.03. The maximum atomic E-state index is 12.6. The lowest BCUT2D eigenvalue weighted by atomic mass is 10.2. The fraction of sp³-hybridized carbons (Fsp3) is 0.333. The van der Waals surface area contributed by atoms with Gasteiger partial charge in [-0.3, -0.25) is 9.59 Å². The molecule has 0 bridgehead atoms. The van der Waals surface area contributed by atoms with E-state index in [4.69, 9.17) is 9.47 Å². The number of sulfonamides is 1. The van der Waals surface area contributed by atoms with Crippen molar-refractivity contribution in [2.75, 3.05) is 30.9 Å². The van der Waals surface area contributed by atoms with Crippen LogP contribution in [0.25, 0.3) is 0 Å². The Morgan fingerprint density at radius 1 is 1.13 bits per heavy atom. The number of carbonyl (C=O) groups is 2. The van der Waals surface area contributed by atoms with Crippen LogP contribution in [0.3, 0.4) is 0 Å². The molecule has 0 radical (unpaired) electrons. The number of amides is 2. The first-order valence-corrected chi connectivity index (χ1v) is 11.2. The molecule has 1 atom stereocenters. The monoisotopic (exact) mass is 447 g/mol. The highest BCUT2D eigenvalue weighted by molar-refractivity contribution is 7.89. The van der Waals surface area contributed by atoms with E-state index in [1.165, 1.54) is 38.3 Å². The molecule has 3 N–H and O–H groups in total. The SMILES string of the molecule is COc1ccc(NC(C)=O)cc1NC(=O)c1ccc(S(=O)(=O)NC[C@@H]2CCCO2)cc1. The van der Waals surface area contributed by atoms with E-state index in [-0.39, 0.29) is 29.0 Å². The molecule has 1 aliphatic heterocycles. The standard InChI is InChI=1S/C21H25N3O6S/c1-14(25)23-16-7-10-20(29-2)19(12-16)24-21(26)15-5-8-18(9-6-15)31(27,28)22-13-17-4-3-11-30-17/h5-10,12,17,22H,3-4,11,13H2,1-2H3,(H,23,25)(H,24,26)/t17-/m0/s1. The Balaban J connectivity index is 1.69. The lowest BCUT2D eigenvalue weighted by Crippen LogP contribution is -2.31. The van der Waals surface area contributed by atoms with Crippen LogP contribution in [-0.4, -0.2) is 46.6 Å². The summed E-state index contributed by atoms with van der Waals surface area (Å²) in [7, 11) is -2.23. The Labute approximate surface area is 181 Å². The van der Waals surface area contributed by atoms with E-state index in [9.17, 15) is 18.0 Å². The second kappa shape index (κ2) is 9.90. The summed E-state index contributed by atoms with van der Waals surface area (Å²) in [6.45, 7) is 2.25. The highest BCUT2D eigenvalue weighted by Crippen LogP contribution is 2.28. The fourth-order valence-electron chi connectivity index (χ4n) is 3.16. The highest BCUT2D eigenvalue weighted by atomic mass is 32.2. The number of hydrogen-bond donors (Lipinski definition) is 3. The molecule has 1 heterocycles. The first kappa shape index (κ1) is 22.7. The van der Waals surface area contributed by atoms with E-state index in [0.29, 0.717) is 23.7 Å². The van der Waals surface area contributed by atoms with Crippen molar-refractivity contribution >= 4 is 33.2 Å². The third-order valence-corrected chi connectivity index (χ3v) is 6.16. The van der Waals surface area contributed by atoms with Gasteiger partial charge in [-0.25, -0.2) is 13.1 Å². The number of nitrogens with one attached hydrogen (secondary N) is 3. The summed E-state index contributed by atoms with van der Waals surface area (Å²) in [6.07, 6.45) is 1.64. The molecule has 0 aromatic heterocycles. The van der Waals surface area contributed by atoms with Gasteiger partial charge in [0.15, 0.2) is 0 Å². The van der Waals surface area contributed by atoms with Gasteiger partial charge in [0.1, 0.15) is 5.75 Å². The van der Waals surface area contributed by atoms with Crippen molar-refractivity contribution in [2.45, 2.75) is 30.8 Å². The van der Waals surface area contributed by atoms with Crippen LogP contribution in [0.1, 0.15) is 30.1 Å². The Kier molecular flexibility index (Phi) is 7.26. The first-order chi connectivity index (χ1) is 14.8. The van der Waals surface area contributed by atoms with Gasteiger partial charge in [0.2, 0.25) is 15.9 Å². The van der Waals surface area contributed by atoms with Crippen LogP contribution < -0.4 is 20.1 Å². The summed E-state index contributed by atoms with van der Waals surface area (Å²) < 4.78 is 38.1. The number of benzene rings is 2. The normalized spacial score (nSPS) is 16.0. The Morgan fingerprint density at radius 2 is 1.87 bits per heavy atom. The van der Waals surface area contributed by atoms with Gasteiger partial charge in [-0.1, -0.05) is 0 Å². The van der Waals surface area contributed by atoms with E-state index < -0.39 is 15.9 Å². The van der Waals surface area contributed by atoms with Gasteiger partial charge in [0, 0.05) is 31.3 Å². The summed E-state index contributed by atoms with van der Waals surface area (Å²) in [5, 5.41) is 5.35. The molecule has 9 nitrogen and oxygen atoms in total. The zero-order valence-corrected chi connectivity index (χ0v) is 18.1. The molecule has 1 saturated heterocycles. The lowest BCUT2D eigenvalue weighted by Gasteiger charge is -2.13. The van der Waals surface area contributed by atoms with E-state index in [1.54, 1.807) is 18.2 Å². The van der Waals surface area contributed by atoms with Crippen molar-refractivity contribution in [1.29, 1.82) is 0 Å². The number of methoxy groups -OCH3 is 1. The molecular formula is C21H25N3O6S. The second-order valence-electron chi connectivity index (χ2n) is 7.06.